The molecule has 0 bridgehead atoms. The minimum Gasteiger partial charge on any atom is -0.497 e. The van der Waals surface area contributed by atoms with Crippen molar-refractivity contribution in [1.29, 1.82) is 0 Å². The summed E-state index contributed by atoms with van der Waals surface area (Å²) in [4.78, 5) is 5.09. The van der Waals surface area contributed by atoms with Crippen LogP contribution in [0.4, 0.5) is 0 Å². The summed E-state index contributed by atoms with van der Waals surface area (Å²) in [5, 5.41) is 0. The lowest BCUT2D eigenvalue weighted by Crippen LogP contribution is -2.47. The number of piperazine rings is 1. The fourth-order valence-corrected chi connectivity index (χ4v) is 4.28. The molecule has 1 aliphatic heterocycles. The molecule has 0 aromatic heterocycles. The van der Waals surface area contributed by atoms with Gasteiger partial charge in [0.2, 0.25) is 0 Å². The first-order chi connectivity index (χ1) is 16.8. The number of rotatable bonds is 12. The van der Waals surface area contributed by atoms with E-state index in [2.05, 4.69) is 40.1 Å². The minimum atomic E-state index is 0.607. The van der Waals surface area contributed by atoms with E-state index in [1.807, 2.05) is 48.5 Å². The number of benzene rings is 3. The standard InChI is InChI=1S/C29H36N2O3/c1-32-28-13-5-8-25(22-28)10-7-15-30-16-18-31(19-17-30)20-21-33-24-26-9-6-14-29(23-26)34-27-11-3-2-4-12-27/h2-6,8-9,11-14,22-23H,7,10,15-21,24H2,1H3. The Morgan fingerprint density at radius 1 is 0.676 bits per heavy atom. The number of para-hydroxylation sites is 1. The lowest BCUT2D eigenvalue weighted by atomic mass is 10.1. The van der Waals surface area contributed by atoms with Crippen molar-refractivity contribution >= 4 is 0 Å². The fourth-order valence-electron chi connectivity index (χ4n) is 4.28. The largest absolute Gasteiger partial charge is 0.497 e. The van der Waals surface area contributed by atoms with Crippen LogP contribution < -0.4 is 9.47 Å². The second kappa shape index (κ2) is 13.1. The van der Waals surface area contributed by atoms with E-state index < -0.39 is 0 Å². The highest BCUT2D eigenvalue weighted by atomic mass is 16.5. The highest BCUT2D eigenvalue weighted by molar-refractivity contribution is 5.33. The topological polar surface area (TPSA) is 34.2 Å². The van der Waals surface area contributed by atoms with Crippen molar-refractivity contribution in [1.82, 2.24) is 9.80 Å². The zero-order valence-electron chi connectivity index (χ0n) is 20.2. The molecule has 0 radical (unpaired) electrons. The summed E-state index contributed by atoms with van der Waals surface area (Å²) in [5.74, 6) is 2.64. The van der Waals surface area contributed by atoms with Gasteiger partial charge < -0.3 is 19.1 Å². The monoisotopic (exact) mass is 460 g/mol. The molecule has 3 aromatic rings. The molecule has 0 unspecified atom stereocenters. The van der Waals surface area contributed by atoms with Crippen molar-refractivity contribution in [3.8, 4) is 17.2 Å². The third-order valence-corrected chi connectivity index (χ3v) is 6.24. The van der Waals surface area contributed by atoms with Crippen molar-refractivity contribution in [3.63, 3.8) is 0 Å². The molecule has 0 spiro atoms. The van der Waals surface area contributed by atoms with E-state index in [1.165, 1.54) is 12.0 Å². The Hall–Kier alpha value is -2.86. The third-order valence-electron chi connectivity index (χ3n) is 6.24. The fraction of sp³-hybridized carbons (Fsp3) is 0.379. The highest BCUT2D eigenvalue weighted by Gasteiger charge is 2.16. The number of hydrogen-bond acceptors (Lipinski definition) is 5. The third kappa shape index (κ3) is 7.87. The molecule has 1 aliphatic rings. The SMILES string of the molecule is COc1cccc(CCCN2CCN(CCOCc3cccc(Oc4ccccc4)c3)CC2)c1. The van der Waals surface area contributed by atoms with Crippen molar-refractivity contribution in [3.05, 3.63) is 90.0 Å². The second-order valence-electron chi connectivity index (χ2n) is 8.75. The Kier molecular flexibility index (Phi) is 9.38. The molecule has 5 nitrogen and oxygen atoms in total. The van der Waals surface area contributed by atoms with Crippen LogP contribution in [-0.2, 0) is 17.8 Å². The van der Waals surface area contributed by atoms with Gasteiger partial charge >= 0.3 is 0 Å². The van der Waals surface area contributed by atoms with Crippen LogP contribution in [-0.4, -0.2) is 62.8 Å². The molecular weight excluding hydrogens is 424 g/mol. The van der Waals surface area contributed by atoms with E-state index >= 15 is 0 Å². The first-order valence-corrected chi connectivity index (χ1v) is 12.3. The molecule has 0 N–H and O–H groups in total. The minimum absolute atomic E-state index is 0.607. The summed E-state index contributed by atoms with van der Waals surface area (Å²) in [6.07, 6.45) is 2.28. The summed E-state index contributed by atoms with van der Waals surface area (Å²) < 4.78 is 17.2. The smallest absolute Gasteiger partial charge is 0.127 e. The second-order valence-corrected chi connectivity index (χ2v) is 8.75. The number of methoxy groups -OCH3 is 1. The first kappa shape index (κ1) is 24.3. The average Bonchev–Trinajstić information content (AvgIpc) is 2.88. The van der Waals surface area contributed by atoms with Gasteiger partial charge in [0.25, 0.3) is 0 Å². The zero-order valence-corrected chi connectivity index (χ0v) is 20.2. The van der Waals surface area contributed by atoms with Crippen LogP contribution in [0.5, 0.6) is 17.2 Å². The predicted octanol–water partition coefficient (Wildman–Crippen LogP) is 5.25. The maximum absolute atomic E-state index is 5.97. The van der Waals surface area contributed by atoms with Crippen LogP contribution in [0.1, 0.15) is 17.5 Å². The summed E-state index contributed by atoms with van der Waals surface area (Å²) in [7, 11) is 1.73. The summed E-state index contributed by atoms with van der Waals surface area (Å²) >= 11 is 0. The molecule has 34 heavy (non-hydrogen) atoms. The van der Waals surface area contributed by atoms with Crippen LogP contribution in [0.25, 0.3) is 0 Å². The summed E-state index contributed by atoms with van der Waals surface area (Å²) in [6, 6.07) is 26.4. The molecular formula is C29H36N2O3. The van der Waals surface area contributed by atoms with E-state index in [4.69, 9.17) is 14.2 Å². The molecule has 180 valence electrons. The summed E-state index contributed by atoms with van der Waals surface area (Å²) in [6.45, 7) is 8.00. The van der Waals surface area contributed by atoms with Gasteiger partial charge in [0.15, 0.2) is 0 Å². The van der Waals surface area contributed by atoms with Crippen molar-refractivity contribution < 1.29 is 14.2 Å². The van der Waals surface area contributed by atoms with E-state index in [0.717, 1.165) is 75.1 Å². The van der Waals surface area contributed by atoms with Crippen molar-refractivity contribution in [2.45, 2.75) is 19.4 Å². The number of aryl methyl sites for hydroxylation is 1. The molecule has 3 aromatic carbocycles. The molecule has 4 rings (SSSR count). The molecule has 0 atom stereocenters. The predicted molar refractivity (Wildman–Crippen MR) is 137 cm³/mol. The van der Waals surface area contributed by atoms with Gasteiger partial charge in [-0.15, -0.1) is 0 Å². The van der Waals surface area contributed by atoms with Gasteiger partial charge in [-0.2, -0.15) is 0 Å². The lowest BCUT2D eigenvalue weighted by molar-refractivity contribution is 0.0682. The first-order valence-electron chi connectivity index (χ1n) is 12.3. The maximum Gasteiger partial charge on any atom is 0.127 e. The van der Waals surface area contributed by atoms with E-state index in [9.17, 15) is 0 Å². The van der Waals surface area contributed by atoms with E-state index in [0.29, 0.717) is 6.61 Å². The van der Waals surface area contributed by atoms with Gasteiger partial charge in [-0.25, -0.2) is 0 Å². The van der Waals surface area contributed by atoms with Gasteiger partial charge in [0.05, 0.1) is 20.3 Å². The Balaban J connectivity index is 1.09. The molecule has 1 heterocycles. The van der Waals surface area contributed by atoms with E-state index in [1.54, 1.807) is 7.11 Å². The van der Waals surface area contributed by atoms with Crippen molar-refractivity contribution in [2.75, 3.05) is 53.0 Å². The van der Waals surface area contributed by atoms with Gasteiger partial charge in [0.1, 0.15) is 17.2 Å². The number of hydrogen-bond donors (Lipinski definition) is 0. The average molecular weight is 461 g/mol. The van der Waals surface area contributed by atoms with Gasteiger partial charge in [-0.3, -0.25) is 4.90 Å². The number of ether oxygens (including phenoxy) is 3. The quantitative estimate of drug-likeness (QED) is 0.345. The zero-order chi connectivity index (χ0) is 23.4. The summed E-state index contributed by atoms with van der Waals surface area (Å²) in [5.41, 5.74) is 2.49. The van der Waals surface area contributed by atoms with Gasteiger partial charge in [0, 0.05) is 32.7 Å². The molecule has 0 aliphatic carbocycles. The Bertz CT molecular complexity index is 987. The normalized spacial score (nSPS) is 14.7. The molecule has 1 saturated heterocycles. The van der Waals surface area contributed by atoms with Crippen LogP contribution >= 0.6 is 0 Å². The Morgan fingerprint density at radius 3 is 2.09 bits per heavy atom. The van der Waals surface area contributed by atoms with Crippen LogP contribution in [0, 0.1) is 0 Å². The lowest BCUT2D eigenvalue weighted by Gasteiger charge is -2.34. The van der Waals surface area contributed by atoms with Gasteiger partial charge in [-0.1, -0.05) is 42.5 Å². The Morgan fingerprint density at radius 2 is 1.32 bits per heavy atom. The van der Waals surface area contributed by atoms with Crippen LogP contribution in [0.15, 0.2) is 78.9 Å². The Labute approximate surface area is 203 Å². The van der Waals surface area contributed by atoms with Crippen molar-refractivity contribution in [2.24, 2.45) is 0 Å². The van der Waals surface area contributed by atoms with Crippen LogP contribution in [0.3, 0.4) is 0 Å². The van der Waals surface area contributed by atoms with E-state index in [-0.39, 0.29) is 0 Å². The highest BCUT2D eigenvalue weighted by Crippen LogP contribution is 2.22. The molecule has 0 amide bonds. The number of nitrogens with zero attached hydrogens (tertiary/aromatic N) is 2. The molecule has 0 saturated carbocycles. The maximum atomic E-state index is 5.97. The van der Waals surface area contributed by atoms with Crippen LogP contribution in [0.2, 0.25) is 0 Å². The molecule has 1 fully saturated rings. The van der Waals surface area contributed by atoms with Gasteiger partial charge in [-0.05, 0) is 66.9 Å². The molecule has 5 heteroatoms.